The number of carbonyl (C=O) groups is 3. The number of ether oxygens (including phenoxy) is 1. The summed E-state index contributed by atoms with van der Waals surface area (Å²) in [6.07, 6.45) is 0.133. The molecule has 0 spiro atoms. The Balaban J connectivity index is 1.67. The number of primary amides is 1. The van der Waals surface area contributed by atoms with E-state index in [1.165, 1.54) is 0 Å². The maximum atomic E-state index is 12.6. The van der Waals surface area contributed by atoms with Crippen LogP contribution in [0.2, 0.25) is 0 Å². The summed E-state index contributed by atoms with van der Waals surface area (Å²) in [6, 6.07) is 6.83. The third-order valence-corrected chi connectivity index (χ3v) is 4.49. The molecular weight excluding hydrogens is 310 g/mol. The number of carbonyl (C=O) groups excluding carboxylic acids is 3. The van der Waals surface area contributed by atoms with Crippen molar-refractivity contribution in [1.82, 2.24) is 4.90 Å². The number of hydrogen-bond acceptors (Lipinski definition) is 4. The van der Waals surface area contributed by atoms with Gasteiger partial charge in [0.05, 0.1) is 13.2 Å². The molecule has 0 unspecified atom stereocenters. The fourth-order valence-electron chi connectivity index (χ4n) is 2.84. The Morgan fingerprint density at radius 3 is 2.75 bits per heavy atom. The molecule has 24 heavy (non-hydrogen) atoms. The third kappa shape index (κ3) is 3.56. The van der Waals surface area contributed by atoms with Crippen LogP contribution in [0.1, 0.15) is 23.7 Å². The first-order valence-electron chi connectivity index (χ1n) is 8.07. The molecule has 3 amide bonds. The Bertz CT molecular complexity index is 676. The summed E-state index contributed by atoms with van der Waals surface area (Å²) in [6.45, 7) is 2.86. The van der Waals surface area contributed by atoms with Crippen LogP contribution in [0, 0.1) is 11.8 Å². The molecule has 2 aliphatic rings. The first-order chi connectivity index (χ1) is 11.5. The van der Waals surface area contributed by atoms with Gasteiger partial charge in [0.2, 0.25) is 11.8 Å². The van der Waals surface area contributed by atoms with Crippen molar-refractivity contribution in [2.24, 2.45) is 17.6 Å². The fourth-order valence-corrected chi connectivity index (χ4v) is 2.84. The monoisotopic (exact) mass is 331 g/mol. The van der Waals surface area contributed by atoms with E-state index in [0.717, 1.165) is 6.42 Å². The van der Waals surface area contributed by atoms with E-state index in [0.29, 0.717) is 23.7 Å². The zero-order chi connectivity index (χ0) is 17.3. The minimum Gasteiger partial charge on any atom is -0.367 e. The van der Waals surface area contributed by atoms with Gasteiger partial charge in [-0.15, -0.1) is 0 Å². The van der Waals surface area contributed by atoms with E-state index in [1.54, 1.807) is 29.2 Å². The number of hydrogen-bond donors (Lipinski definition) is 2. The Labute approximate surface area is 140 Å². The van der Waals surface area contributed by atoms with Gasteiger partial charge in [-0.05, 0) is 30.5 Å². The van der Waals surface area contributed by atoms with Gasteiger partial charge >= 0.3 is 0 Å². The molecule has 1 aromatic rings. The van der Waals surface area contributed by atoms with Crippen LogP contribution in [0.4, 0.5) is 5.69 Å². The van der Waals surface area contributed by atoms with E-state index in [2.05, 4.69) is 5.32 Å². The van der Waals surface area contributed by atoms with E-state index in [4.69, 9.17) is 10.5 Å². The van der Waals surface area contributed by atoms with Crippen LogP contribution < -0.4 is 11.1 Å². The van der Waals surface area contributed by atoms with Crippen molar-refractivity contribution in [2.75, 3.05) is 25.0 Å². The van der Waals surface area contributed by atoms with Gasteiger partial charge in [-0.2, -0.15) is 0 Å². The lowest BCUT2D eigenvalue weighted by Gasteiger charge is -2.31. The molecule has 1 saturated carbocycles. The van der Waals surface area contributed by atoms with E-state index >= 15 is 0 Å². The molecule has 7 heteroatoms. The topological polar surface area (TPSA) is 102 Å². The second-order valence-electron chi connectivity index (χ2n) is 6.40. The van der Waals surface area contributed by atoms with Gasteiger partial charge in [0.15, 0.2) is 6.10 Å². The Kier molecular flexibility index (Phi) is 4.53. The van der Waals surface area contributed by atoms with Crippen LogP contribution in [-0.4, -0.2) is 48.4 Å². The molecule has 3 rings (SSSR count). The summed E-state index contributed by atoms with van der Waals surface area (Å²) in [5.74, 6) is -0.298. The van der Waals surface area contributed by atoms with Gasteiger partial charge in [-0.1, -0.05) is 13.0 Å². The van der Waals surface area contributed by atoms with Crippen molar-refractivity contribution < 1.29 is 19.1 Å². The summed E-state index contributed by atoms with van der Waals surface area (Å²) >= 11 is 0. The molecule has 1 saturated heterocycles. The van der Waals surface area contributed by atoms with Crippen molar-refractivity contribution in [1.29, 1.82) is 0 Å². The van der Waals surface area contributed by atoms with Gasteiger partial charge in [0, 0.05) is 23.7 Å². The lowest BCUT2D eigenvalue weighted by Crippen LogP contribution is -2.50. The van der Waals surface area contributed by atoms with E-state index in [9.17, 15) is 14.4 Å². The standard InChI is InChI=1S/C17H21N3O4/c1-10-7-13(10)16(22)19-12-4-2-3-11(8-12)17(23)20-5-6-24-14(9-20)15(18)21/h2-4,8,10,13-14H,5-7,9H2,1H3,(H2,18,21)(H,19,22)/t10-,13-,14+/m1/s1. The molecule has 1 aliphatic heterocycles. The van der Waals surface area contributed by atoms with Crippen LogP contribution in [0.5, 0.6) is 0 Å². The molecule has 1 aliphatic carbocycles. The molecule has 2 fully saturated rings. The summed E-state index contributed by atoms with van der Waals surface area (Å²) in [5.41, 5.74) is 6.30. The Hall–Kier alpha value is -2.41. The van der Waals surface area contributed by atoms with Crippen LogP contribution in [0.25, 0.3) is 0 Å². The SMILES string of the molecule is C[C@@H]1C[C@H]1C(=O)Nc1cccc(C(=O)N2CCO[C@H](C(N)=O)C2)c1. The maximum Gasteiger partial charge on any atom is 0.254 e. The van der Waals surface area contributed by atoms with Crippen molar-refractivity contribution in [3.05, 3.63) is 29.8 Å². The Morgan fingerprint density at radius 2 is 2.08 bits per heavy atom. The minimum absolute atomic E-state index is 0.00716. The summed E-state index contributed by atoms with van der Waals surface area (Å²) in [4.78, 5) is 37.4. The molecule has 3 atom stereocenters. The van der Waals surface area contributed by atoms with Crippen LogP contribution >= 0.6 is 0 Å². The molecular formula is C17H21N3O4. The zero-order valence-electron chi connectivity index (χ0n) is 13.5. The number of nitrogens with two attached hydrogens (primary N) is 1. The van der Waals surface area contributed by atoms with Gasteiger partial charge in [0.1, 0.15) is 0 Å². The maximum absolute atomic E-state index is 12.6. The number of rotatable bonds is 4. The van der Waals surface area contributed by atoms with Crippen molar-refractivity contribution >= 4 is 23.4 Å². The number of morpholine rings is 1. The van der Waals surface area contributed by atoms with E-state index < -0.39 is 12.0 Å². The number of anilines is 1. The lowest BCUT2D eigenvalue weighted by atomic mass is 10.1. The highest BCUT2D eigenvalue weighted by atomic mass is 16.5. The fraction of sp³-hybridized carbons (Fsp3) is 0.471. The highest BCUT2D eigenvalue weighted by molar-refractivity contribution is 5.98. The number of nitrogens with zero attached hydrogens (tertiary/aromatic N) is 1. The molecule has 3 N–H and O–H groups in total. The van der Waals surface area contributed by atoms with Crippen LogP contribution in [0.15, 0.2) is 24.3 Å². The van der Waals surface area contributed by atoms with Gasteiger partial charge in [0.25, 0.3) is 5.91 Å². The van der Waals surface area contributed by atoms with Gasteiger partial charge in [-0.3, -0.25) is 14.4 Å². The molecule has 0 bridgehead atoms. The second-order valence-corrected chi connectivity index (χ2v) is 6.40. The predicted molar refractivity (Wildman–Crippen MR) is 87.2 cm³/mol. The number of benzene rings is 1. The predicted octanol–water partition coefficient (Wildman–Crippen LogP) is 0.607. The molecule has 7 nitrogen and oxygen atoms in total. The summed E-state index contributed by atoms with van der Waals surface area (Å²) in [7, 11) is 0. The molecule has 128 valence electrons. The third-order valence-electron chi connectivity index (χ3n) is 4.49. The van der Waals surface area contributed by atoms with Crippen molar-refractivity contribution in [3.63, 3.8) is 0 Å². The first-order valence-corrected chi connectivity index (χ1v) is 8.07. The Morgan fingerprint density at radius 1 is 1.33 bits per heavy atom. The van der Waals surface area contributed by atoms with Gasteiger partial charge < -0.3 is 20.7 Å². The summed E-state index contributed by atoms with van der Waals surface area (Å²) < 4.78 is 5.25. The van der Waals surface area contributed by atoms with E-state index in [1.807, 2.05) is 6.92 Å². The normalized spacial score (nSPS) is 25.9. The minimum atomic E-state index is -0.776. The smallest absolute Gasteiger partial charge is 0.254 e. The molecule has 0 aromatic heterocycles. The average molecular weight is 331 g/mol. The highest BCUT2D eigenvalue weighted by Gasteiger charge is 2.39. The quantitative estimate of drug-likeness (QED) is 0.844. The number of nitrogens with one attached hydrogen (secondary N) is 1. The van der Waals surface area contributed by atoms with Crippen LogP contribution in [0.3, 0.4) is 0 Å². The highest BCUT2D eigenvalue weighted by Crippen LogP contribution is 2.38. The molecule has 0 radical (unpaired) electrons. The summed E-state index contributed by atoms with van der Waals surface area (Å²) in [5, 5.41) is 2.85. The van der Waals surface area contributed by atoms with Crippen molar-refractivity contribution in [2.45, 2.75) is 19.4 Å². The zero-order valence-corrected chi connectivity index (χ0v) is 13.5. The molecule has 1 aromatic carbocycles. The second kappa shape index (κ2) is 6.60. The van der Waals surface area contributed by atoms with Crippen molar-refractivity contribution in [3.8, 4) is 0 Å². The first kappa shape index (κ1) is 16.4. The van der Waals surface area contributed by atoms with Gasteiger partial charge in [-0.25, -0.2) is 0 Å². The largest absolute Gasteiger partial charge is 0.367 e. The average Bonchev–Trinajstić information content (AvgIpc) is 3.31. The van der Waals surface area contributed by atoms with E-state index in [-0.39, 0.29) is 30.9 Å². The number of amides is 3. The van der Waals surface area contributed by atoms with Crippen LogP contribution in [-0.2, 0) is 14.3 Å². The lowest BCUT2D eigenvalue weighted by molar-refractivity contribution is -0.133. The molecule has 1 heterocycles.